The molecule has 0 radical (unpaired) electrons. The molecule has 0 aliphatic rings. The number of rotatable bonds is 4. The summed E-state index contributed by atoms with van der Waals surface area (Å²) in [5.41, 5.74) is 2.65. The van der Waals surface area contributed by atoms with Crippen LogP contribution < -0.4 is 5.56 Å². The van der Waals surface area contributed by atoms with Gasteiger partial charge in [0.15, 0.2) is 0 Å². The number of carbonyl (C=O) groups excluding carboxylic acids is 1. The first-order valence-electron chi connectivity index (χ1n) is 9.38. The number of esters is 1. The average molecular weight is 492 g/mol. The van der Waals surface area contributed by atoms with Crippen LogP contribution in [-0.2, 0) is 11.3 Å². The molecule has 0 saturated heterocycles. The number of pyridine rings is 1. The second-order valence-corrected chi connectivity index (χ2v) is 8.72. The number of benzene rings is 2. The van der Waals surface area contributed by atoms with Crippen molar-refractivity contribution >= 4 is 49.1 Å². The molecule has 5 rings (SSSR count). The summed E-state index contributed by atoms with van der Waals surface area (Å²) in [7, 11) is 0. The van der Waals surface area contributed by atoms with Crippen molar-refractivity contribution in [2.45, 2.75) is 6.61 Å². The van der Waals surface area contributed by atoms with E-state index in [1.54, 1.807) is 30.5 Å². The molecule has 5 aromatic rings. The van der Waals surface area contributed by atoms with E-state index in [0.717, 1.165) is 19.7 Å². The van der Waals surface area contributed by atoms with Gasteiger partial charge in [0.25, 0.3) is 5.56 Å². The van der Waals surface area contributed by atoms with Crippen molar-refractivity contribution in [3.05, 3.63) is 99.0 Å². The third kappa shape index (κ3) is 3.87. The van der Waals surface area contributed by atoms with Crippen LogP contribution >= 0.6 is 27.3 Å². The number of carbonyl (C=O) groups is 1. The Bertz CT molecular complexity index is 1480. The van der Waals surface area contributed by atoms with Gasteiger partial charge in [0.2, 0.25) is 0 Å². The number of ether oxygens (including phenoxy) is 1. The second kappa shape index (κ2) is 8.05. The van der Waals surface area contributed by atoms with Gasteiger partial charge in [-0.15, -0.1) is 11.3 Å². The molecule has 3 aromatic heterocycles. The summed E-state index contributed by atoms with van der Waals surface area (Å²) in [6.07, 6.45) is 1.65. The first kappa shape index (κ1) is 19.6. The number of hydrogen-bond donors (Lipinski definition) is 0. The topological polar surface area (TPSA) is 73.6 Å². The molecular formula is C23H14BrN3O3S. The highest BCUT2D eigenvalue weighted by atomic mass is 79.9. The van der Waals surface area contributed by atoms with Crippen LogP contribution in [0.2, 0.25) is 0 Å². The molecule has 3 heterocycles. The molecular weight excluding hydrogens is 478 g/mol. The Balaban J connectivity index is 1.42. The van der Waals surface area contributed by atoms with E-state index in [-0.39, 0.29) is 12.2 Å². The summed E-state index contributed by atoms with van der Waals surface area (Å²) in [6, 6.07) is 19.9. The van der Waals surface area contributed by atoms with E-state index in [4.69, 9.17) is 4.74 Å². The molecule has 31 heavy (non-hydrogen) atoms. The molecule has 6 nitrogen and oxygen atoms in total. The van der Waals surface area contributed by atoms with Crippen LogP contribution in [0.25, 0.3) is 26.4 Å². The number of nitrogens with zero attached hydrogens (tertiary/aromatic N) is 3. The highest BCUT2D eigenvalue weighted by molar-refractivity contribution is 9.10. The van der Waals surface area contributed by atoms with Gasteiger partial charge < -0.3 is 4.74 Å². The maximum Gasteiger partial charge on any atom is 0.339 e. The minimum atomic E-state index is -0.493. The fourth-order valence-electron chi connectivity index (χ4n) is 3.25. The van der Waals surface area contributed by atoms with Gasteiger partial charge in [-0.1, -0.05) is 30.3 Å². The Kier molecular flexibility index (Phi) is 5.09. The summed E-state index contributed by atoms with van der Waals surface area (Å²) in [6.45, 7) is -0.102. The Morgan fingerprint density at radius 3 is 2.71 bits per heavy atom. The molecule has 0 aliphatic carbocycles. The minimum Gasteiger partial charge on any atom is -0.456 e. The van der Waals surface area contributed by atoms with Crippen LogP contribution in [0.3, 0.4) is 0 Å². The zero-order chi connectivity index (χ0) is 21.4. The van der Waals surface area contributed by atoms with Gasteiger partial charge in [-0.25, -0.2) is 14.8 Å². The number of para-hydroxylation sites is 1. The smallest absolute Gasteiger partial charge is 0.339 e. The van der Waals surface area contributed by atoms with Crippen molar-refractivity contribution in [2.24, 2.45) is 0 Å². The lowest BCUT2D eigenvalue weighted by atomic mass is 10.1. The first-order valence-corrected chi connectivity index (χ1v) is 11.0. The summed E-state index contributed by atoms with van der Waals surface area (Å²) in [5, 5.41) is 0.751. The van der Waals surface area contributed by atoms with E-state index in [0.29, 0.717) is 22.5 Å². The summed E-state index contributed by atoms with van der Waals surface area (Å²) in [4.78, 5) is 34.3. The summed E-state index contributed by atoms with van der Waals surface area (Å²) >= 11 is 4.86. The van der Waals surface area contributed by atoms with Crippen molar-refractivity contribution in [3.63, 3.8) is 0 Å². The molecule has 0 fully saturated rings. The summed E-state index contributed by atoms with van der Waals surface area (Å²) < 4.78 is 8.75. The van der Waals surface area contributed by atoms with Crippen LogP contribution in [0.5, 0.6) is 0 Å². The molecule has 0 saturated carbocycles. The molecule has 0 aliphatic heterocycles. The maximum atomic E-state index is 12.9. The van der Waals surface area contributed by atoms with Gasteiger partial charge in [0.05, 0.1) is 21.5 Å². The monoisotopic (exact) mass is 491 g/mol. The van der Waals surface area contributed by atoms with Crippen molar-refractivity contribution in [1.82, 2.24) is 14.4 Å². The minimum absolute atomic E-state index is 0.102. The number of halogens is 1. The lowest BCUT2D eigenvalue weighted by molar-refractivity contribution is 0.0468. The van der Waals surface area contributed by atoms with E-state index in [9.17, 15) is 9.59 Å². The normalized spacial score (nSPS) is 11.1. The molecule has 0 atom stereocenters. The van der Waals surface area contributed by atoms with E-state index in [2.05, 4.69) is 25.9 Å². The van der Waals surface area contributed by atoms with Gasteiger partial charge in [-0.05, 0) is 46.3 Å². The number of thiazole rings is 1. The van der Waals surface area contributed by atoms with Crippen LogP contribution in [0.4, 0.5) is 0 Å². The number of fused-ring (bicyclic) bond motifs is 2. The van der Waals surface area contributed by atoms with Crippen molar-refractivity contribution in [3.8, 4) is 10.6 Å². The Morgan fingerprint density at radius 1 is 1.03 bits per heavy atom. The highest BCUT2D eigenvalue weighted by Gasteiger charge is 2.17. The zero-order valence-electron chi connectivity index (χ0n) is 16.0. The van der Waals surface area contributed by atoms with Crippen molar-refractivity contribution < 1.29 is 9.53 Å². The van der Waals surface area contributed by atoms with Crippen LogP contribution in [0.1, 0.15) is 16.1 Å². The van der Waals surface area contributed by atoms with Crippen LogP contribution in [0.15, 0.2) is 82.2 Å². The van der Waals surface area contributed by atoms with Crippen LogP contribution in [0, 0.1) is 0 Å². The summed E-state index contributed by atoms with van der Waals surface area (Å²) in [5.74, 6) is -0.493. The molecule has 8 heteroatoms. The molecule has 0 amide bonds. The number of aromatic nitrogens is 3. The number of hydrogen-bond acceptors (Lipinski definition) is 6. The fourth-order valence-corrected chi connectivity index (χ4v) is 4.59. The molecule has 0 bridgehead atoms. The molecule has 0 spiro atoms. The molecule has 152 valence electrons. The predicted octanol–water partition coefficient (Wildman–Crippen LogP) is 5.09. The van der Waals surface area contributed by atoms with Gasteiger partial charge in [-0.2, -0.15) is 0 Å². The van der Waals surface area contributed by atoms with Crippen LogP contribution in [-0.4, -0.2) is 20.3 Å². The molecule has 0 N–H and O–H groups in total. The average Bonchev–Trinajstić information content (AvgIpc) is 3.22. The third-order valence-corrected chi connectivity index (χ3v) is 6.24. The predicted molar refractivity (Wildman–Crippen MR) is 123 cm³/mol. The second-order valence-electron chi connectivity index (χ2n) is 6.77. The van der Waals surface area contributed by atoms with E-state index in [1.807, 2.05) is 36.4 Å². The zero-order valence-corrected chi connectivity index (χ0v) is 18.4. The molecule has 0 unspecified atom stereocenters. The van der Waals surface area contributed by atoms with Gasteiger partial charge >= 0.3 is 5.97 Å². The Labute approximate surface area is 188 Å². The van der Waals surface area contributed by atoms with E-state index >= 15 is 0 Å². The lowest BCUT2D eigenvalue weighted by Crippen LogP contribution is -2.16. The lowest BCUT2D eigenvalue weighted by Gasteiger charge is -2.08. The van der Waals surface area contributed by atoms with Crippen molar-refractivity contribution in [2.75, 3.05) is 0 Å². The SMILES string of the molecule is O=C(OCc1cc(=O)n2cc(Br)ccc2n1)c1ccccc1-c1nc2ccccc2s1. The maximum absolute atomic E-state index is 12.9. The Hall–Kier alpha value is -3.36. The standard InChI is InChI=1S/C23H14BrN3O3S/c24-14-9-10-20-25-15(11-21(28)27(20)12-14)13-30-23(29)17-6-2-1-5-16(17)22-26-18-7-3-4-8-19(18)31-22/h1-12H,13H2. The Morgan fingerprint density at radius 2 is 1.84 bits per heavy atom. The quantitative estimate of drug-likeness (QED) is 0.327. The van der Waals surface area contributed by atoms with Crippen molar-refractivity contribution in [1.29, 1.82) is 0 Å². The first-order chi connectivity index (χ1) is 15.1. The van der Waals surface area contributed by atoms with E-state index < -0.39 is 5.97 Å². The van der Waals surface area contributed by atoms with Gasteiger partial charge in [0, 0.05) is 22.3 Å². The molecule has 2 aromatic carbocycles. The third-order valence-electron chi connectivity index (χ3n) is 4.70. The van der Waals surface area contributed by atoms with E-state index in [1.165, 1.54) is 21.8 Å². The largest absolute Gasteiger partial charge is 0.456 e. The highest BCUT2D eigenvalue weighted by Crippen LogP contribution is 2.32. The fraction of sp³-hybridized carbons (Fsp3) is 0.0435. The van der Waals surface area contributed by atoms with Gasteiger partial charge in [-0.3, -0.25) is 9.20 Å². The van der Waals surface area contributed by atoms with Gasteiger partial charge in [0.1, 0.15) is 17.3 Å².